The summed E-state index contributed by atoms with van der Waals surface area (Å²) in [5.41, 5.74) is 1.73. The van der Waals surface area contributed by atoms with Gasteiger partial charge >= 0.3 is 0 Å². The predicted octanol–water partition coefficient (Wildman–Crippen LogP) is -1.02. The molecule has 4 atom stereocenters. The summed E-state index contributed by atoms with van der Waals surface area (Å²) >= 11 is 4.83. The Balaban J connectivity index is 2.02. The summed E-state index contributed by atoms with van der Waals surface area (Å²) in [5.74, 6) is 0. The number of fused-ring (bicyclic) bond motifs is 1. The Morgan fingerprint density at radius 1 is 1.29 bits per heavy atom. The first kappa shape index (κ1) is 14.4. The van der Waals surface area contributed by atoms with Crippen LogP contribution in [0.15, 0.2) is 12.7 Å². The molecule has 0 aliphatic carbocycles. The molecular formula is C12H14N4O4S. The highest BCUT2D eigenvalue weighted by molar-refractivity contribution is 7.78. The largest absolute Gasteiger partial charge is 0.394 e. The molecule has 9 heteroatoms. The van der Waals surface area contributed by atoms with Crippen LogP contribution in [-0.2, 0) is 11.2 Å². The lowest BCUT2D eigenvalue weighted by Gasteiger charge is -2.16. The average molecular weight is 310 g/mol. The molecule has 0 saturated carbocycles. The predicted molar refractivity (Wildman–Crippen MR) is 75.7 cm³/mol. The van der Waals surface area contributed by atoms with Crippen molar-refractivity contribution in [3.63, 3.8) is 0 Å². The Labute approximate surface area is 125 Å². The van der Waals surface area contributed by atoms with Crippen molar-refractivity contribution in [2.75, 3.05) is 6.61 Å². The summed E-state index contributed by atoms with van der Waals surface area (Å²) < 4.78 is 6.99. The van der Waals surface area contributed by atoms with Crippen molar-refractivity contribution in [2.24, 2.45) is 0 Å². The number of hydrogen-bond acceptors (Lipinski definition) is 8. The van der Waals surface area contributed by atoms with E-state index in [9.17, 15) is 10.2 Å². The Kier molecular flexibility index (Phi) is 3.91. The smallest absolute Gasteiger partial charge is 0.165 e. The Morgan fingerprint density at radius 2 is 2.10 bits per heavy atom. The second-order valence-electron chi connectivity index (χ2n) is 4.74. The van der Waals surface area contributed by atoms with Crippen molar-refractivity contribution >= 4 is 28.7 Å². The van der Waals surface area contributed by atoms with Gasteiger partial charge in [0.05, 0.1) is 18.6 Å². The summed E-state index contributed by atoms with van der Waals surface area (Å²) in [6, 6.07) is 0. The van der Waals surface area contributed by atoms with Crippen molar-refractivity contribution in [1.29, 1.82) is 0 Å². The average Bonchev–Trinajstić information content (AvgIpc) is 3.03. The third-order valence-corrected chi connectivity index (χ3v) is 3.67. The lowest BCUT2D eigenvalue weighted by Crippen LogP contribution is -2.33. The third-order valence-electron chi connectivity index (χ3n) is 3.50. The van der Waals surface area contributed by atoms with Gasteiger partial charge in [0.2, 0.25) is 0 Å². The Morgan fingerprint density at radius 3 is 2.76 bits per heavy atom. The third kappa shape index (κ3) is 2.32. The zero-order valence-electron chi connectivity index (χ0n) is 10.9. The van der Waals surface area contributed by atoms with Gasteiger partial charge in [0.1, 0.15) is 30.2 Å². The number of imidazole rings is 1. The fourth-order valence-electron chi connectivity index (χ4n) is 2.42. The Bertz CT molecular complexity index is 664. The number of thiocarbonyl (C=S) groups is 1. The lowest BCUT2D eigenvalue weighted by atomic mass is 10.1. The quantitative estimate of drug-likeness (QED) is 0.615. The van der Waals surface area contributed by atoms with E-state index in [2.05, 4.69) is 15.0 Å². The molecule has 3 rings (SSSR count). The summed E-state index contributed by atoms with van der Waals surface area (Å²) in [6.45, 7) is -0.382. The van der Waals surface area contributed by atoms with E-state index in [0.29, 0.717) is 23.3 Å². The van der Waals surface area contributed by atoms with E-state index in [1.54, 1.807) is 5.37 Å². The van der Waals surface area contributed by atoms with E-state index >= 15 is 0 Å². The minimum Gasteiger partial charge on any atom is -0.394 e. The molecule has 1 aliphatic heterocycles. The highest BCUT2D eigenvalue weighted by atomic mass is 32.1. The van der Waals surface area contributed by atoms with Crippen molar-refractivity contribution in [1.82, 2.24) is 19.5 Å². The van der Waals surface area contributed by atoms with Gasteiger partial charge in [-0.1, -0.05) is 12.2 Å². The molecule has 0 aromatic carbocycles. The highest BCUT2D eigenvalue weighted by Crippen LogP contribution is 2.31. The summed E-state index contributed by atoms with van der Waals surface area (Å²) in [7, 11) is 0. The van der Waals surface area contributed by atoms with Gasteiger partial charge in [0, 0.05) is 6.42 Å². The van der Waals surface area contributed by atoms with Crippen LogP contribution in [-0.4, -0.2) is 65.1 Å². The SMILES string of the molecule is OC[C@H]1O[C@@H](n2cnc3c(CC=S)ncnc32)[C@H](O)[C@@H]1O. The van der Waals surface area contributed by atoms with Crippen LogP contribution in [0.2, 0.25) is 0 Å². The van der Waals surface area contributed by atoms with Crippen LogP contribution in [0.5, 0.6) is 0 Å². The maximum atomic E-state index is 10.1. The fourth-order valence-corrected chi connectivity index (χ4v) is 2.58. The number of aliphatic hydroxyl groups excluding tert-OH is 3. The van der Waals surface area contributed by atoms with Crippen LogP contribution in [0.25, 0.3) is 11.2 Å². The minimum absolute atomic E-state index is 0.382. The van der Waals surface area contributed by atoms with Gasteiger partial charge in [-0.15, -0.1) is 0 Å². The number of rotatable bonds is 4. The first-order valence-corrected chi connectivity index (χ1v) is 6.87. The number of aromatic nitrogens is 4. The molecule has 0 bridgehead atoms. The molecule has 1 fully saturated rings. The molecule has 2 aromatic rings. The molecule has 2 aromatic heterocycles. The normalized spacial score (nSPS) is 29.1. The number of hydrogen-bond donors (Lipinski definition) is 3. The van der Waals surface area contributed by atoms with Crippen LogP contribution < -0.4 is 0 Å². The maximum Gasteiger partial charge on any atom is 0.165 e. The van der Waals surface area contributed by atoms with Gasteiger partial charge in [0.25, 0.3) is 0 Å². The first-order chi connectivity index (χ1) is 10.2. The van der Waals surface area contributed by atoms with Gasteiger partial charge < -0.3 is 20.1 Å². The topological polar surface area (TPSA) is 114 Å². The molecule has 3 N–H and O–H groups in total. The molecule has 112 valence electrons. The lowest BCUT2D eigenvalue weighted by molar-refractivity contribution is -0.0511. The van der Waals surface area contributed by atoms with E-state index in [1.165, 1.54) is 17.2 Å². The molecule has 0 amide bonds. The van der Waals surface area contributed by atoms with Gasteiger partial charge in [-0.25, -0.2) is 15.0 Å². The Hall–Kier alpha value is -1.52. The van der Waals surface area contributed by atoms with E-state index in [-0.39, 0.29) is 6.61 Å². The number of aliphatic hydroxyl groups is 3. The fraction of sp³-hybridized carbons (Fsp3) is 0.500. The van der Waals surface area contributed by atoms with E-state index in [0.717, 1.165) is 0 Å². The molecule has 0 unspecified atom stereocenters. The number of nitrogens with zero attached hydrogens (tertiary/aromatic N) is 4. The van der Waals surface area contributed by atoms with Gasteiger partial charge in [-0.3, -0.25) is 4.57 Å². The van der Waals surface area contributed by atoms with Crippen LogP contribution >= 0.6 is 12.2 Å². The van der Waals surface area contributed by atoms with E-state index in [4.69, 9.17) is 22.1 Å². The molecular weight excluding hydrogens is 296 g/mol. The van der Waals surface area contributed by atoms with Crippen molar-refractivity contribution in [3.8, 4) is 0 Å². The van der Waals surface area contributed by atoms with Crippen LogP contribution in [0, 0.1) is 0 Å². The zero-order valence-corrected chi connectivity index (χ0v) is 11.7. The first-order valence-electron chi connectivity index (χ1n) is 6.40. The molecule has 1 saturated heterocycles. The molecule has 1 aliphatic rings. The molecule has 0 radical (unpaired) electrons. The summed E-state index contributed by atoms with van der Waals surface area (Å²) in [5, 5.41) is 30.6. The van der Waals surface area contributed by atoms with Crippen LogP contribution in [0.4, 0.5) is 0 Å². The zero-order chi connectivity index (χ0) is 15.0. The van der Waals surface area contributed by atoms with E-state index < -0.39 is 24.5 Å². The monoisotopic (exact) mass is 310 g/mol. The second-order valence-corrected chi connectivity index (χ2v) is 5.08. The van der Waals surface area contributed by atoms with Gasteiger partial charge in [0.15, 0.2) is 11.9 Å². The maximum absolute atomic E-state index is 10.1. The number of ether oxygens (including phenoxy) is 1. The van der Waals surface area contributed by atoms with Crippen molar-refractivity contribution in [3.05, 3.63) is 18.3 Å². The molecule has 3 heterocycles. The summed E-state index contributed by atoms with van der Waals surface area (Å²) in [4.78, 5) is 12.5. The standard InChI is InChI=1S/C12H14N4O4S/c17-3-7-9(18)10(19)12(20-7)16-5-15-8-6(1-2-21)13-4-14-11(8)16/h2,4-5,7,9-10,12,17-19H,1,3H2/t7-,9-,10-,12-/m1/s1. The van der Waals surface area contributed by atoms with Crippen LogP contribution in [0.3, 0.4) is 0 Å². The molecule has 21 heavy (non-hydrogen) atoms. The van der Waals surface area contributed by atoms with Crippen molar-refractivity contribution < 1.29 is 20.1 Å². The van der Waals surface area contributed by atoms with Gasteiger partial charge in [-0.2, -0.15) is 0 Å². The van der Waals surface area contributed by atoms with Crippen LogP contribution in [0.1, 0.15) is 11.9 Å². The van der Waals surface area contributed by atoms with Crippen molar-refractivity contribution in [2.45, 2.75) is 31.0 Å². The second kappa shape index (κ2) is 5.70. The summed E-state index contributed by atoms with van der Waals surface area (Å²) in [6.07, 6.45) is -0.727. The highest BCUT2D eigenvalue weighted by Gasteiger charge is 2.43. The van der Waals surface area contributed by atoms with E-state index in [1.807, 2.05) is 0 Å². The van der Waals surface area contributed by atoms with Gasteiger partial charge in [-0.05, 0) is 5.37 Å². The minimum atomic E-state index is -1.18. The molecule has 8 nitrogen and oxygen atoms in total. The molecule has 0 spiro atoms.